The second kappa shape index (κ2) is 9.44. The highest BCUT2D eigenvalue weighted by Gasteiger charge is 2.35. The number of rotatable bonds is 6. The average Bonchev–Trinajstić information content (AvgIpc) is 3.05. The van der Waals surface area contributed by atoms with E-state index in [4.69, 9.17) is 4.74 Å². The summed E-state index contributed by atoms with van der Waals surface area (Å²) in [4.78, 5) is 15.2. The van der Waals surface area contributed by atoms with Crippen molar-refractivity contribution in [2.24, 2.45) is 5.92 Å². The first kappa shape index (κ1) is 20.7. The van der Waals surface area contributed by atoms with Crippen molar-refractivity contribution in [1.29, 1.82) is 0 Å². The van der Waals surface area contributed by atoms with Crippen LogP contribution in [-0.4, -0.2) is 25.1 Å². The molecule has 4 rings (SSSR count). The van der Waals surface area contributed by atoms with E-state index >= 15 is 0 Å². The molecule has 2 aliphatic heterocycles. The van der Waals surface area contributed by atoms with Crippen molar-refractivity contribution in [3.05, 3.63) is 60.2 Å². The number of carbonyl (C=O) groups excluding carboxylic acids is 1. The molecule has 0 aromatic heterocycles. The van der Waals surface area contributed by atoms with Gasteiger partial charge in [-0.3, -0.25) is 4.79 Å². The van der Waals surface area contributed by atoms with Crippen LogP contribution in [0.2, 0.25) is 0 Å². The lowest BCUT2D eigenvalue weighted by molar-refractivity contribution is -0.119. The maximum absolute atomic E-state index is 13.3. The van der Waals surface area contributed by atoms with Crippen LogP contribution in [0.3, 0.4) is 0 Å². The summed E-state index contributed by atoms with van der Waals surface area (Å²) in [6.45, 7) is 0.601. The smallest absolute Gasteiger partial charge is 0.227 e. The summed E-state index contributed by atoms with van der Waals surface area (Å²) in [6, 6.07) is 19.2. The van der Waals surface area contributed by atoms with Crippen LogP contribution >= 0.6 is 12.4 Å². The fraction of sp³-hybridized carbons (Fsp3) is 0.435. The zero-order valence-electron chi connectivity index (χ0n) is 16.3. The van der Waals surface area contributed by atoms with E-state index in [-0.39, 0.29) is 18.3 Å². The van der Waals surface area contributed by atoms with Crippen LogP contribution in [0.4, 0.5) is 5.69 Å². The number of piperidine rings is 1. The van der Waals surface area contributed by atoms with Crippen LogP contribution < -0.4 is 15.0 Å². The molecule has 2 aromatic carbocycles. The minimum absolute atomic E-state index is 0. The standard InChI is InChI=1S/C23H28N2O2.ClH/c1-27-22-11-9-21(10-12-22)25(16-17-5-3-2-4-6-17)23(26)15-18-13-19-7-8-20(14-18)24-19;/h2-6,9-12,18-20,24H,7-8,13-16H2,1H3;1H. The first-order chi connectivity index (χ1) is 13.2. The molecule has 4 nitrogen and oxygen atoms in total. The Morgan fingerprint density at radius 3 is 2.29 bits per heavy atom. The molecular weight excluding hydrogens is 372 g/mol. The van der Waals surface area contributed by atoms with Gasteiger partial charge in [-0.25, -0.2) is 0 Å². The van der Waals surface area contributed by atoms with Crippen molar-refractivity contribution in [2.75, 3.05) is 12.0 Å². The first-order valence-corrected chi connectivity index (χ1v) is 9.95. The molecule has 2 aliphatic rings. The van der Waals surface area contributed by atoms with Crippen molar-refractivity contribution in [3.8, 4) is 5.75 Å². The van der Waals surface area contributed by atoms with Crippen molar-refractivity contribution in [2.45, 2.75) is 50.7 Å². The summed E-state index contributed by atoms with van der Waals surface area (Å²) in [5.74, 6) is 1.52. The van der Waals surface area contributed by atoms with Gasteiger partial charge in [0.2, 0.25) is 5.91 Å². The van der Waals surface area contributed by atoms with Gasteiger partial charge in [0.15, 0.2) is 0 Å². The number of nitrogens with one attached hydrogen (secondary N) is 1. The van der Waals surface area contributed by atoms with E-state index < -0.39 is 0 Å². The fourth-order valence-electron chi connectivity index (χ4n) is 4.55. The summed E-state index contributed by atoms with van der Waals surface area (Å²) < 4.78 is 5.27. The molecular formula is C23H29ClN2O2. The van der Waals surface area contributed by atoms with Gasteiger partial charge in [-0.15, -0.1) is 12.4 Å². The van der Waals surface area contributed by atoms with Crippen LogP contribution in [0.5, 0.6) is 5.75 Å². The number of hydrogen-bond donors (Lipinski definition) is 1. The fourth-order valence-corrected chi connectivity index (χ4v) is 4.55. The van der Waals surface area contributed by atoms with Crippen LogP contribution in [0.1, 0.15) is 37.7 Å². The predicted molar refractivity (Wildman–Crippen MR) is 115 cm³/mol. The third-order valence-corrected chi connectivity index (χ3v) is 5.90. The highest BCUT2D eigenvalue weighted by Crippen LogP contribution is 2.33. The summed E-state index contributed by atoms with van der Waals surface area (Å²) in [5, 5.41) is 3.67. The van der Waals surface area contributed by atoms with Gasteiger partial charge in [-0.2, -0.15) is 0 Å². The summed E-state index contributed by atoms with van der Waals surface area (Å²) >= 11 is 0. The molecule has 2 heterocycles. The normalized spacial score (nSPS) is 23.0. The van der Waals surface area contributed by atoms with E-state index in [1.54, 1.807) is 7.11 Å². The number of methoxy groups -OCH3 is 1. The lowest BCUT2D eigenvalue weighted by Crippen LogP contribution is -2.40. The molecule has 0 radical (unpaired) electrons. The molecule has 5 heteroatoms. The molecule has 0 saturated carbocycles. The summed E-state index contributed by atoms with van der Waals surface area (Å²) in [5.41, 5.74) is 2.08. The Bertz CT molecular complexity index is 754. The minimum atomic E-state index is 0. The number of ether oxygens (including phenoxy) is 1. The number of nitrogens with zero attached hydrogens (tertiary/aromatic N) is 1. The van der Waals surface area contributed by atoms with Crippen molar-refractivity contribution < 1.29 is 9.53 Å². The van der Waals surface area contributed by atoms with Crippen molar-refractivity contribution in [1.82, 2.24) is 5.32 Å². The largest absolute Gasteiger partial charge is 0.497 e. The third kappa shape index (κ3) is 4.86. The Hall–Kier alpha value is -2.04. The van der Waals surface area contributed by atoms with Crippen molar-refractivity contribution in [3.63, 3.8) is 0 Å². The number of amides is 1. The molecule has 0 aliphatic carbocycles. The van der Waals surface area contributed by atoms with E-state index in [2.05, 4.69) is 17.4 Å². The lowest BCUT2D eigenvalue weighted by atomic mass is 9.89. The van der Waals surface area contributed by atoms with Gasteiger partial charge in [0.05, 0.1) is 13.7 Å². The number of fused-ring (bicyclic) bond motifs is 2. The Kier molecular flexibility index (Phi) is 6.97. The summed E-state index contributed by atoms with van der Waals surface area (Å²) in [7, 11) is 1.66. The van der Waals surface area contributed by atoms with Crippen LogP contribution in [-0.2, 0) is 11.3 Å². The number of benzene rings is 2. The topological polar surface area (TPSA) is 41.6 Å². The van der Waals surface area contributed by atoms with Gasteiger partial charge in [-0.05, 0) is 61.4 Å². The highest BCUT2D eigenvalue weighted by molar-refractivity contribution is 5.93. The molecule has 2 fully saturated rings. The quantitative estimate of drug-likeness (QED) is 0.772. The van der Waals surface area contributed by atoms with Gasteiger partial charge < -0.3 is 15.0 Å². The number of halogens is 1. The maximum atomic E-state index is 13.3. The van der Waals surface area contributed by atoms with Crippen LogP contribution in [0.15, 0.2) is 54.6 Å². The van der Waals surface area contributed by atoms with Gasteiger partial charge in [0, 0.05) is 24.2 Å². The van der Waals surface area contributed by atoms with Crippen LogP contribution in [0.25, 0.3) is 0 Å². The molecule has 2 aromatic rings. The van der Waals surface area contributed by atoms with E-state index in [0.29, 0.717) is 31.0 Å². The highest BCUT2D eigenvalue weighted by atomic mass is 35.5. The molecule has 150 valence electrons. The molecule has 2 bridgehead atoms. The Morgan fingerprint density at radius 1 is 1.04 bits per heavy atom. The average molecular weight is 401 g/mol. The first-order valence-electron chi connectivity index (χ1n) is 9.95. The van der Waals surface area contributed by atoms with Gasteiger partial charge in [0.25, 0.3) is 0 Å². The zero-order chi connectivity index (χ0) is 18.6. The van der Waals surface area contributed by atoms with Gasteiger partial charge in [-0.1, -0.05) is 30.3 Å². The third-order valence-electron chi connectivity index (χ3n) is 5.90. The number of carbonyl (C=O) groups is 1. The number of anilines is 1. The Morgan fingerprint density at radius 2 is 1.68 bits per heavy atom. The zero-order valence-corrected chi connectivity index (χ0v) is 17.2. The Labute approximate surface area is 173 Å². The van der Waals surface area contributed by atoms with Gasteiger partial charge >= 0.3 is 0 Å². The van der Waals surface area contributed by atoms with E-state index in [1.165, 1.54) is 12.8 Å². The maximum Gasteiger partial charge on any atom is 0.227 e. The van der Waals surface area contributed by atoms with E-state index in [0.717, 1.165) is 29.8 Å². The molecule has 2 saturated heterocycles. The molecule has 2 unspecified atom stereocenters. The second-order valence-electron chi connectivity index (χ2n) is 7.84. The monoisotopic (exact) mass is 400 g/mol. The van der Waals surface area contributed by atoms with E-state index in [9.17, 15) is 4.79 Å². The van der Waals surface area contributed by atoms with Crippen LogP contribution in [0, 0.1) is 5.92 Å². The molecule has 0 spiro atoms. The Balaban J connectivity index is 0.00000225. The minimum Gasteiger partial charge on any atom is -0.497 e. The molecule has 1 N–H and O–H groups in total. The lowest BCUT2D eigenvalue weighted by Gasteiger charge is -2.31. The molecule has 1 amide bonds. The SMILES string of the molecule is COc1ccc(N(Cc2ccccc2)C(=O)CC2CC3CCC(C2)N3)cc1.Cl. The number of hydrogen-bond acceptors (Lipinski definition) is 3. The second-order valence-corrected chi connectivity index (χ2v) is 7.84. The molecule has 28 heavy (non-hydrogen) atoms. The van der Waals surface area contributed by atoms with Crippen molar-refractivity contribution >= 4 is 24.0 Å². The van der Waals surface area contributed by atoms with Gasteiger partial charge in [0.1, 0.15) is 5.75 Å². The summed E-state index contributed by atoms with van der Waals surface area (Å²) in [6.07, 6.45) is 5.42. The van der Waals surface area contributed by atoms with E-state index in [1.807, 2.05) is 47.4 Å². The predicted octanol–water partition coefficient (Wildman–Crippen LogP) is 4.57. The molecule has 2 atom stereocenters.